The Balaban J connectivity index is 2.01. The molecule has 0 bridgehead atoms. The van der Waals surface area contributed by atoms with Gasteiger partial charge in [0.15, 0.2) is 0 Å². The summed E-state index contributed by atoms with van der Waals surface area (Å²) in [6.07, 6.45) is 3.34. The predicted octanol–water partition coefficient (Wildman–Crippen LogP) is 0.260. The van der Waals surface area contributed by atoms with Crippen LogP contribution in [0.2, 0.25) is 0 Å². The summed E-state index contributed by atoms with van der Waals surface area (Å²) < 4.78 is 1.69. The van der Waals surface area contributed by atoms with Gasteiger partial charge < -0.3 is 15.6 Å². The Kier molecular flexibility index (Phi) is 2.63. The second-order valence-corrected chi connectivity index (χ2v) is 3.53. The molecule has 6 heteroatoms. The minimum atomic E-state index is -0.159. The molecule has 2 aromatic rings. The lowest BCUT2D eigenvalue weighted by molar-refractivity contribution is 0.0942. The average molecular weight is 219 g/mol. The van der Waals surface area contributed by atoms with Crippen LogP contribution in [0.25, 0.3) is 0 Å². The van der Waals surface area contributed by atoms with Gasteiger partial charge in [-0.05, 0) is 12.1 Å². The molecule has 84 valence electrons. The molecule has 16 heavy (non-hydrogen) atoms. The number of carbonyl (C=O) groups excluding carboxylic acids is 1. The van der Waals surface area contributed by atoms with Crippen molar-refractivity contribution >= 4 is 11.6 Å². The number of rotatable bonds is 3. The number of aryl methyl sites for hydroxylation is 1. The molecular formula is C10H13N5O. The van der Waals surface area contributed by atoms with Crippen molar-refractivity contribution in [3.8, 4) is 0 Å². The van der Waals surface area contributed by atoms with E-state index < -0.39 is 0 Å². The first-order chi connectivity index (χ1) is 7.66. The van der Waals surface area contributed by atoms with E-state index in [1.165, 1.54) is 0 Å². The van der Waals surface area contributed by atoms with Gasteiger partial charge in [-0.2, -0.15) is 5.10 Å². The van der Waals surface area contributed by atoms with Crippen LogP contribution < -0.4 is 11.1 Å². The highest BCUT2D eigenvalue weighted by atomic mass is 16.1. The number of aromatic nitrogens is 3. The van der Waals surface area contributed by atoms with Crippen molar-refractivity contribution < 1.29 is 4.79 Å². The zero-order valence-corrected chi connectivity index (χ0v) is 8.90. The van der Waals surface area contributed by atoms with E-state index in [9.17, 15) is 4.79 Å². The molecule has 0 aromatic carbocycles. The number of carbonyl (C=O) groups is 1. The van der Waals surface area contributed by atoms with Crippen LogP contribution in [0.4, 0.5) is 5.69 Å². The summed E-state index contributed by atoms with van der Waals surface area (Å²) in [5.74, 6) is -0.159. The number of hydrogen-bond acceptors (Lipinski definition) is 3. The molecule has 0 atom stereocenters. The van der Waals surface area contributed by atoms with Crippen LogP contribution in [0.5, 0.6) is 0 Å². The van der Waals surface area contributed by atoms with Crippen LogP contribution in [0.15, 0.2) is 24.5 Å². The fourth-order valence-electron chi connectivity index (χ4n) is 1.47. The molecule has 4 N–H and O–H groups in total. The third kappa shape index (κ3) is 2.05. The molecule has 2 rings (SSSR count). The molecule has 0 spiro atoms. The third-order valence-electron chi connectivity index (χ3n) is 2.26. The van der Waals surface area contributed by atoms with E-state index in [0.29, 0.717) is 17.9 Å². The van der Waals surface area contributed by atoms with Crippen LogP contribution in [-0.4, -0.2) is 20.7 Å². The summed E-state index contributed by atoms with van der Waals surface area (Å²) in [6, 6.07) is 3.45. The van der Waals surface area contributed by atoms with Gasteiger partial charge in [-0.25, -0.2) is 0 Å². The highest BCUT2D eigenvalue weighted by Gasteiger charge is 2.10. The molecule has 1 amide bonds. The normalized spacial score (nSPS) is 10.3. The minimum absolute atomic E-state index is 0.159. The summed E-state index contributed by atoms with van der Waals surface area (Å²) in [6.45, 7) is 0.421. The van der Waals surface area contributed by atoms with Gasteiger partial charge in [-0.15, -0.1) is 0 Å². The fourth-order valence-corrected chi connectivity index (χ4v) is 1.47. The van der Waals surface area contributed by atoms with Gasteiger partial charge in [0, 0.05) is 19.4 Å². The Hall–Kier alpha value is -2.24. The van der Waals surface area contributed by atoms with Crippen molar-refractivity contribution in [3.63, 3.8) is 0 Å². The van der Waals surface area contributed by atoms with Gasteiger partial charge in [0.25, 0.3) is 5.91 Å². The molecule has 0 unspecified atom stereocenters. The van der Waals surface area contributed by atoms with E-state index in [0.717, 1.165) is 5.69 Å². The Morgan fingerprint density at radius 2 is 2.50 bits per heavy atom. The topological polar surface area (TPSA) is 88.7 Å². The summed E-state index contributed by atoms with van der Waals surface area (Å²) in [4.78, 5) is 11.8. The largest absolute Gasteiger partial charge is 0.397 e. The van der Waals surface area contributed by atoms with E-state index in [1.807, 2.05) is 0 Å². The zero-order chi connectivity index (χ0) is 11.5. The average Bonchev–Trinajstić information content (AvgIpc) is 2.84. The molecule has 0 saturated heterocycles. The molecule has 6 nitrogen and oxygen atoms in total. The van der Waals surface area contributed by atoms with Gasteiger partial charge in [0.2, 0.25) is 0 Å². The number of amides is 1. The second kappa shape index (κ2) is 4.09. The van der Waals surface area contributed by atoms with Gasteiger partial charge in [-0.1, -0.05) is 0 Å². The molecule has 0 radical (unpaired) electrons. The third-order valence-corrected chi connectivity index (χ3v) is 2.26. The van der Waals surface area contributed by atoms with E-state index in [1.54, 1.807) is 36.1 Å². The summed E-state index contributed by atoms with van der Waals surface area (Å²) in [5.41, 5.74) is 7.56. The lowest BCUT2D eigenvalue weighted by Gasteiger charge is -2.04. The molecule has 2 heterocycles. The second-order valence-electron chi connectivity index (χ2n) is 3.53. The van der Waals surface area contributed by atoms with Crippen LogP contribution in [0.1, 0.15) is 16.2 Å². The SMILES string of the molecule is Cn1cc(N)cc1C(=O)NCc1ccn[nH]1. The van der Waals surface area contributed by atoms with Gasteiger partial charge >= 0.3 is 0 Å². The zero-order valence-electron chi connectivity index (χ0n) is 8.90. The first kappa shape index (κ1) is 10.3. The Morgan fingerprint density at radius 3 is 3.06 bits per heavy atom. The van der Waals surface area contributed by atoms with Gasteiger partial charge in [0.05, 0.1) is 17.9 Å². The maximum Gasteiger partial charge on any atom is 0.268 e. The number of nitrogen functional groups attached to an aromatic ring is 1. The van der Waals surface area contributed by atoms with Gasteiger partial charge in [0.1, 0.15) is 5.69 Å². The molecule has 0 aliphatic rings. The number of aromatic amines is 1. The highest BCUT2D eigenvalue weighted by molar-refractivity contribution is 5.93. The van der Waals surface area contributed by atoms with Crippen molar-refractivity contribution in [1.82, 2.24) is 20.1 Å². The molecule has 0 saturated carbocycles. The number of H-pyrrole nitrogens is 1. The summed E-state index contributed by atoms with van der Waals surface area (Å²) >= 11 is 0. The monoisotopic (exact) mass is 219 g/mol. The Bertz CT molecular complexity index is 485. The molecule has 0 fully saturated rings. The first-order valence-electron chi connectivity index (χ1n) is 4.85. The molecular weight excluding hydrogens is 206 g/mol. The van der Waals surface area contributed by atoms with Crippen LogP contribution in [0.3, 0.4) is 0 Å². The van der Waals surface area contributed by atoms with E-state index in [2.05, 4.69) is 15.5 Å². The summed E-state index contributed by atoms with van der Waals surface area (Å²) in [7, 11) is 1.78. The smallest absolute Gasteiger partial charge is 0.268 e. The number of nitrogens with one attached hydrogen (secondary N) is 2. The summed E-state index contributed by atoms with van der Waals surface area (Å²) in [5, 5.41) is 9.33. The van der Waals surface area contributed by atoms with E-state index in [-0.39, 0.29) is 5.91 Å². The maximum atomic E-state index is 11.8. The lowest BCUT2D eigenvalue weighted by atomic mass is 10.3. The maximum absolute atomic E-state index is 11.8. The van der Waals surface area contributed by atoms with Crippen molar-refractivity contribution in [2.45, 2.75) is 6.54 Å². The first-order valence-corrected chi connectivity index (χ1v) is 4.85. The molecule has 0 aliphatic carbocycles. The number of anilines is 1. The number of nitrogens with two attached hydrogens (primary N) is 1. The van der Waals surface area contributed by atoms with Crippen molar-refractivity contribution in [3.05, 3.63) is 35.9 Å². The molecule has 2 aromatic heterocycles. The lowest BCUT2D eigenvalue weighted by Crippen LogP contribution is -2.24. The Labute approximate surface area is 92.5 Å². The predicted molar refractivity (Wildman–Crippen MR) is 59.6 cm³/mol. The molecule has 0 aliphatic heterocycles. The minimum Gasteiger partial charge on any atom is -0.397 e. The standard InChI is InChI=1S/C10H13N5O/c1-15-6-7(11)4-9(15)10(16)12-5-8-2-3-13-14-8/h2-4,6H,5,11H2,1H3,(H,12,16)(H,13,14). The van der Waals surface area contributed by atoms with Crippen molar-refractivity contribution in [1.29, 1.82) is 0 Å². The van der Waals surface area contributed by atoms with Crippen LogP contribution in [0, 0.1) is 0 Å². The van der Waals surface area contributed by atoms with E-state index >= 15 is 0 Å². The van der Waals surface area contributed by atoms with Gasteiger partial charge in [-0.3, -0.25) is 9.89 Å². The van der Waals surface area contributed by atoms with Crippen LogP contribution >= 0.6 is 0 Å². The van der Waals surface area contributed by atoms with Crippen LogP contribution in [-0.2, 0) is 13.6 Å². The highest BCUT2D eigenvalue weighted by Crippen LogP contribution is 2.08. The van der Waals surface area contributed by atoms with Crippen molar-refractivity contribution in [2.24, 2.45) is 7.05 Å². The van der Waals surface area contributed by atoms with E-state index in [4.69, 9.17) is 5.73 Å². The number of hydrogen-bond donors (Lipinski definition) is 3. The van der Waals surface area contributed by atoms with Crippen molar-refractivity contribution in [2.75, 3.05) is 5.73 Å². The quantitative estimate of drug-likeness (QED) is 0.691. The fraction of sp³-hybridized carbons (Fsp3) is 0.200. The number of nitrogens with zero attached hydrogens (tertiary/aromatic N) is 2. The Morgan fingerprint density at radius 1 is 1.69 bits per heavy atom.